The zero-order valence-corrected chi connectivity index (χ0v) is 20.6. The Hall–Kier alpha value is -3.13. The van der Waals surface area contributed by atoms with Gasteiger partial charge in [-0.2, -0.15) is 0 Å². The SMILES string of the molecule is Cc1ccc2nc3c(cc2c1)C(C)(C)c1ccc(C(C)C)c2oc4c(C(C)C)ccc-3c4c12. The molecule has 0 aliphatic heterocycles. The maximum Gasteiger partial charge on any atom is 0.139 e. The molecule has 3 aromatic carbocycles. The number of aryl methyl sites for hydroxylation is 1. The van der Waals surface area contributed by atoms with Gasteiger partial charge in [-0.3, -0.25) is 0 Å². The summed E-state index contributed by atoms with van der Waals surface area (Å²) >= 11 is 0. The molecule has 33 heavy (non-hydrogen) atoms. The second-order valence-electron chi connectivity index (χ2n) is 10.9. The van der Waals surface area contributed by atoms with Gasteiger partial charge in [0.15, 0.2) is 0 Å². The van der Waals surface area contributed by atoms with Crippen LogP contribution in [0.15, 0.2) is 52.9 Å². The van der Waals surface area contributed by atoms with E-state index in [-0.39, 0.29) is 5.41 Å². The molecule has 0 saturated heterocycles. The molecule has 0 bridgehead atoms. The molecule has 0 saturated carbocycles. The lowest BCUT2D eigenvalue weighted by Crippen LogP contribution is -2.20. The van der Waals surface area contributed by atoms with Gasteiger partial charge in [0.2, 0.25) is 0 Å². The second kappa shape index (κ2) is 6.70. The number of hydrogen-bond acceptors (Lipinski definition) is 2. The van der Waals surface area contributed by atoms with Crippen LogP contribution in [0.1, 0.15) is 81.2 Å². The molecular formula is C31H31NO. The smallest absolute Gasteiger partial charge is 0.139 e. The third-order valence-corrected chi connectivity index (χ3v) is 7.65. The summed E-state index contributed by atoms with van der Waals surface area (Å²) in [6.45, 7) is 15.8. The van der Waals surface area contributed by atoms with Crippen molar-refractivity contribution < 1.29 is 4.42 Å². The summed E-state index contributed by atoms with van der Waals surface area (Å²) in [7, 11) is 0. The molecular weight excluding hydrogens is 402 g/mol. The Morgan fingerprint density at radius 3 is 2.12 bits per heavy atom. The summed E-state index contributed by atoms with van der Waals surface area (Å²) in [6.07, 6.45) is 0. The lowest BCUT2D eigenvalue weighted by Gasteiger charge is -2.28. The molecule has 0 radical (unpaired) electrons. The van der Waals surface area contributed by atoms with Crippen molar-refractivity contribution >= 4 is 32.8 Å². The van der Waals surface area contributed by atoms with E-state index in [4.69, 9.17) is 9.40 Å². The van der Waals surface area contributed by atoms with Crippen molar-refractivity contribution in [2.24, 2.45) is 0 Å². The summed E-state index contributed by atoms with van der Waals surface area (Å²) in [5, 5.41) is 3.72. The first-order valence-corrected chi connectivity index (χ1v) is 12.1. The van der Waals surface area contributed by atoms with Gasteiger partial charge >= 0.3 is 0 Å². The molecule has 0 fully saturated rings. The summed E-state index contributed by atoms with van der Waals surface area (Å²) in [4.78, 5) is 5.28. The van der Waals surface area contributed by atoms with Crippen LogP contribution < -0.4 is 0 Å². The van der Waals surface area contributed by atoms with Crippen LogP contribution in [0.25, 0.3) is 44.1 Å². The highest BCUT2D eigenvalue weighted by atomic mass is 16.3. The summed E-state index contributed by atoms with van der Waals surface area (Å²) in [5.74, 6) is 0.775. The molecule has 1 aliphatic carbocycles. The average Bonchev–Trinajstić information content (AvgIpc) is 3.13. The Kier molecular flexibility index (Phi) is 4.15. The Morgan fingerprint density at radius 1 is 0.758 bits per heavy atom. The van der Waals surface area contributed by atoms with Crippen LogP contribution in [0.2, 0.25) is 0 Å². The Bertz CT molecular complexity index is 1600. The lowest BCUT2D eigenvalue weighted by atomic mass is 9.76. The van der Waals surface area contributed by atoms with Crippen LogP contribution in [-0.2, 0) is 5.41 Å². The molecule has 0 unspecified atom stereocenters. The molecule has 2 nitrogen and oxygen atoms in total. The first kappa shape index (κ1) is 20.5. The lowest BCUT2D eigenvalue weighted by molar-refractivity contribution is 0.633. The van der Waals surface area contributed by atoms with E-state index >= 15 is 0 Å². The molecule has 5 aromatic rings. The van der Waals surface area contributed by atoms with E-state index in [0.717, 1.165) is 22.4 Å². The van der Waals surface area contributed by atoms with Gasteiger partial charge in [-0.15, -0.1) is 0 Å². The van der Waals surface area contributed by atoms with Crippen LogP contribution >= 0.6 is 0 Å². The first-order valence-electron chi connectivity index (χ1n) is 12.1. The standard InChI is InChI=1S/C31H31NO/c1-16(2)20-9-10-22-26-27-23(12-11-21(17(3)4)30(27)33-29(20)26)31(6,7)24-15-19-14-18(5)8-13-25(19)32-28(22)24/h8-17H,1-7H3. The van der Waals surface area contributed by atoms with Crippen LogP contribution in [0, 0.1) is 6.92 Å². The van der Waals surface area contributed by atoms with Crippen LogP contribution in [0.5, 0.6) is 0 Å². The summed E-state index contributed by atoms with van der Waals surface area (Å²) in [5.41, 5.74) is 11.6. The van der Waals surface area contributed by atoms with Gasteiger partial charge in [-0.1, -0.05) is 77.4 Å². The number of hydrogen-bond donors (Lipinski definition) is 0. The zero-order chi connectivity index (χ0) is 23.2. The molecule has 2 heteroatoms. The van der Waals surface area contributed by atoms with Gasteiger partial charge in [-0.25, -0.2) is 4.98 Å². The Balaban J connectivity index is 1.87. The van der Waals surface area contributed by atoms with Crippen molar-refractivity contribution in [1.29, 1.82) is 0 Å². The molecule has 0 amide bonds. The molecule has 2 heterocycles. The van der Waals surface area contributed by atoms with Gasteiger partial charge < -0.3 is 4.42 Å². The van der Waals surface area contributed by atoms with Crippen LogP contribution in [0.4, 0.5) is 0 Å². The molecule has 6 rings (SSSR count). The van der Waals surface area contributed by atoms with Gasteiger partial charge in [0, 0.05) is 27.1 Å². The molecule has 0 N–H and O–H groups in total. The normalized spacial score (nSPS) is 14.7. The predicted octanol–water partition coefficient (Wildman–Crippen LogP) is 9.00. The highest BCUT2D eigenvalue weighted by Crippen LogP contribution is 2.52. The fraction of sp³-hybridized carbons (Fsp3) is 0.323. The fourth-order valence-electron chi connectivity index (χ4n) is 5.77. The molecule has 0 spiro atoms. The molecule has 166 valence electrons. The topological polar surface area (TPSA) is 26.0 Å². The highest BCUT2D eigenvalue weighted by molar-refractivity contribution is 6.17. The van der Waals surface area contributed by atoms with Crippen molar-refractivity contribution in [2.45, 2.75) is 65.7 Å². The number of nitrogens with zero attached hydrogens (tertiary/aromatic N) is 1. The van der Waals surface area contributed by atoms with E-state index < -0.39 is 0 Å². The number of benzene rings is 3. The third kappa shape index (κ3) is 2.70. The number of rotatable bonds is 2. The van der Waals surface area contributed by atoms with Crippen molar-refractivity contribution in [2.75, 3.05) is 0 Å². The van der Waals surface area contributed by atoms with E-state index in [2.05, 4.69) is 97.0 Å². The van der Waals surface area contributed by atoms with E-state index in [9.17, 15) is 0 Å². The van der Waals surface area contributed by atoms with Crippen molar-refractivity contribution in [3.05, 3.63) is 76.3 Å². The molecule has 0 atom stereocenters. The van der Waals surface area contributed by atoms with E-state index in [0.29, 0.717) is 11.8 Å². The largest absolute Gasteiger partial charge is 0.455 e. The van der Waals surface area contributed by atoms with Crippen molar-refractivity contribution in [1.82, 2.24) is 4.98 Å². The summed E-state index contributed by atoms with van der Waals surface area (Å²) < 4.78 is 6.78. The molecule has 2 aromatic heterocycles. The minimum Gasteiger partial charge on any atom is -0.455 e. The van der Waals surface area contributed by atoms with Crippen LogP contribution in [-0.4, -0.2) is 4.98 Å². The predicted molar refractivity (Wildman–Crippen MR) is 139 cm³/mol. The maximum absolute atomic E-state index is 6.78. The molecule has 1 aliphatic rings. The summed E-state index contributed by atoms with van der Waals surface area (Å²) in [6, 6.07) is 18.1. The zero-order valence-electron chi connectivity index (χ0n) is 20.6. The van der Waals surface area contributed by atoms with Gasteiger partial charge in [0.25, 0.3) is 0 Å². The van der Waals surface area contributed by atoms with Gasteiger partial charge in [0.1, 0.15) is 11.2 Å². The quantitative estimate of drug-likeness (QED) is 0.277. The van der Waals surface area contributed by atoms with Gasteiger partial charge in [0.05, 0.1) is 11.2 Å². The fourth-order valence-corrected chi connectivity index (χ4v) is 5.77. The van der Waals surface area contributed by atoms with E-state index in [1.165, 1.54) is 49.5 Å². The van der Waals surface area contributed by atoms with Crippen molar-refractivity contribution in [3.63, 3.8) is 0 Å². The first-order chi connectivity index (χ1) is 15.7. The third-order valence-electron chi connectivity index (χ3n) is 7.65. The van der Waals surface area contributed by atoms with Crippen molar-refractivity contribution in [3.8, 4) is 11.3 Å². The Morgan fingerprint density at radius 2 is 1.42 bits per heavy atom. The number of furan rings is 1. The number of aromatic nitrogens is 1. The number of fused-ring (bicyclic) bond motifs is 3. The average molecular weight is 434 g/mol. The van der Waals surface area contributed by atoms with Crippen LogP contribution in [0.3, 0.4) is 0 Å². The highest BCUT2D eigenvalue weighted by Gasteiger charge is 2.36. The number of pyridine rings is 1. The minimum absolute atomic E-state index is 0.207. The Labute approximate surface area is 195 Å². The van der Waals surface area contributed by atoms with E-state index in [1.807, 2.05) is 0 Å². The van der Waals surface area contributed by atoms with Gasteiger partial charge in [-0.05, 0) is 59.2 Å². The minimum atomic E-state index is -0.207. The second-order valence-corrected chi connectivity index (χ2v) is 10.9. The maximum atomic E-state index is 6.78. The van der Waals surface area contributed by atoms with E-state index in [1.54, 1.807) is 0 Å². The monoisotopic (exact) mass is 433 g/mol.